The van der Waals surface area contributed by atoms with Gasteiger partial charge in [-0.1, -0.05) is 6.07 Å². The third-order valence-electron chi connectivity index (χ3n) is 3.92. The molecule has 3 aromatic rings. The molecule has 134 valence electrons. The second-order valence-corrected chi connectivity index (χ2v) is 6.84. The molecule has 0 bridgehead atoms. The number of benzene rings is 1. The third kappa shape index (κ3) is 3.28. The molecule has 0 fully saturated rings. The number of nitrogens with zero attached hydrogens (tertiary/aromatic N) is 1. The standard InChI is InChI=1S/C18H15FN2O4S/c1-8-4-5-11(6-12(8)19)18(24)25-7-13-20-16(23)14-9(2)15(10(3)22)26-17(14)21-13/h4-6H,7H2,1-3H3,(H,20,21,23). The molecular weight excluding hydrogens is 359 g/mol. The number of H-pyrrole nitrogens is 1. The van der Waals surface area contributed by atoms with Crippen LogP contribution in [0.1, 0.15) is 43.9 Å². The van der Waals surface area contributed by atoms with E-state index in [1.807, 2.05) is 0 Å². The molecule has 2 aromatic heterocycles. The second-order valence-electron chi connectivity index (χ2n) is 5.85. The normalized spacial score (nSPS) is 10.9. The number of hydrogen-bond acceptors (Lipinski definition) is 6. The van der Waals surface area contributed by atoms with Crippen LogP contribution >= 0.6 is 11.3 Å². The Morgan fingerprint density at radius 2 is 2.04 bits per heavy atom. The first-order valence-corrected chi connectivity index (χ1v) is 8.56. The molecule has 6 nitrogen and oxygen atoms in total. The van der Waals surface area contributed by atoms with Gasteiger partial charge in [0.05, 0.1) is 15.8 Å². The van der Waals surface area contributed by atoms with E-state index in [4.69, 9.17) is 4.74 Å². The number of carbonyl (C=O) groups excluding carboxylic acids is 2. The highest BCUT2D eigenvalue weighted by Gasteiger charge is 2.17. The van der Waals surface area contributed by atoms with Crippen molar-refractivity contribution in [2.75, 3.05) is 0 Å². The Hall–Kier alpha value is -2.87. The summed E-state index contributed by atoms with van der Waals surface area (Å²) in [7, 11) is 0. The fourth-order valence-electron chi connectivity index (χ4n) is 2.53. The number of halogens is 1. The molecule has 0 spiro atoms. The molecule has 0 aliphatic carbocycles. The highest BCUT2D eigenvalue weighted by atomic mass is 32.1. The zero-order valence-electron chi connectivity index (χ0n) is 14.3. The van der Waals surface area contributed by atoms with E-state index >= 15 is 0 Å². The monoisotopic (exact) mass is 374 g/mol. The van der Waals surface area contributed by atoms with Gasteiger partial charge in [-0.15, -0.1) is 11.3 Å². The number of aromatic nitrogens is 2. The molecule has 1 aromatic carbocycles. The van der Waals surface area contributed by atoms with Crippen molar-refractivity contribution in [3.8, 4) is 0 Å². The van der Waals surface area contributed by atoms with Gasteiger partial charge in [0.25, 0.3) is 5.56 Å². The van der Waals surface area contributed by atoms with Gasteiger partial charge in [-0.25, -0.2) is 14.2 Å². The Morgan fingerprint density at radius 1 is 1.31 bits per heavy atom. The zero-order valence-corrected chi connectivity index (χ0v) is 15.1. The van der Waals surface area contributed by atoms with Crippen molar-refractivity contribution in [1.82, 2.24) is 9.97 Å². The number of aryl methyl sites for hydroxylation is 2. The van der Waals surface area contributed by atoms with Crippen molar-refractivity contribution in [2.24, 2.45) is 0 Å². The number of hydrogen-bond donors (Lipinski definition) is 1. The first-order chi connectivity index (χ1) is 12.3. The van der Waals surface area contributed by atoms with Gasteiger partial charge < -0.3 is 9.72 Å². The summed E-state index contributed by atoms with van der Waals surface area (Å²) in [6.45, 7) is 4.44. The minimum Gasteiger partial charge on any atom is -0.454 e. The van der Waals surface area contributed by atoms with Crippen molar-refractivity contribution in [1.29, 1.82) is 0 Å². The first-order valence-electron chi connectivity index (χ1n) is 7.74. The molecular formula is C18H15FN2O4S. The number of aromatic amines is 1. The summed E-state index contributed by atoms with van der Waals surface area (Å²) in [5.41, 5.74) is 0.684. The molecule has 8 heteroatoms. The molecule has 0 saturated heterocycles. The van der Waals surface area contributed by atoms with Crippen LogP contribution in [0.3, 0.4) is 0 Å². The minimum atomic E-state index is -0.724. The van der Waals surface area contributed by atoms with Crippen molar-refractivity contribution in [3.63, 3.8) is 0 Å². The zero-order chi connectivity index (χ0) is 19.0. The van der Waals surface area contributed by atoms with E-state index in [-0.39, 0.29) is 23.8 Å². The maximum absolute atomic E-state index is 13.5. The molecule has 0 aliphatic rings. The number of thiophene rings is 1. The minimum absolute atomic E-state index is 0.0716. The molecule has 26 heavy (non-hydrogen) atoms. The number of Topliss-reactive ketones (excluding diaryl/α,β-unsaturated/α-hetero) is 1. The summed E-state index contributed by atoms with van der Waals surface area (Å²) in [5, 5.41) is 0.357. The van der Waals surface area contributed by atoms with E-state index in [1.165, 1.54) is 19.1 Å². The van der Waals surface area contributed by atoms with E-state index in [1.54, 1.807) is 13.8 Å². The lowest BCUT2D eigenvalue weighted by Crippen LogP contribution is -2.14. The van der Waals surface area contributed by atoms with E-state index in [0.29, 0.717) is 26.2 Å². The predicted molar refractivity (Wildman–Crippen MR) is 95.2 cm³/mol. The van der Waals surface area contributed by atoms with Crippen LogP contribution in [0.15, 0.2) is 23.0 Å². The number of esters is 1. The van der Waals surface area contributed by atoms with Crippen LogP contribution in [0, 0.1) is 19.7 Å². The van der Waals surface area contributed by atoms with Gasteiger partial charge in [-0.05, 0) is 44.0 Å². The van der Waals surface area contributed by atoms with E-state index < -0.39 is 17.3 Å². The number of ether oxygens (including phenoxy) is 1. The molecule has 0 aliphatic heterocycles. The first kappa shape index (κ1) is 17.9. The largest absolute Gasteiger partial charge is 0.454 e. The topological polar surface area (TPSA) is 89.1 Å². The van der Waals surface area contributed by atoms with Gasteiger partial charge >= 0.3 is 5.97 Å². The lowest BCUT2D eigenvalue weighted by Gasteiger charge is -2.05. The SMILES string of the molecule is CC(=O)c1sc2nc(COC(=O)c3ccc(C)c(F)c3)[nH]c(=O)c2c1C. The fourth-order valence-corrected chi connectivity index (χ4v) is 3.63. The Bertz CT molecular complexity index is 1100. The van der Waals surface area contributed by atoms with Crippen LogP contribution in [-0.2, 0) is 11.3 Å². The van der Waals surface area contributed by atoms with Gasteiger partial charge in [0.15, 0.2) is 5.78 Å². The van der Waals surface area contributed by atoms with Gasteiger partial charge in [0, 0.05) is 0 Å². The smallest absolute Gasteiger partial charge is 0.338 e. The Labute approximate surface area is 151 Å². The predicted octanol–water partition coefficient (Wildman–Crippen LogP) is 3.30. The molecule has 1 N–H and O–H groups in total. The Morgan fingerprint density at radius 3 is 2.69 bits per heavy atom. The Kier molecular flexibility index (Phi) is 4.69. The van der Waals surface area contributed by atoms with Gasteiger partial charge in [-0.2, -0.15) is 0 Å². The van der Waals surface area contributed by atoms with Crippen molar-refractivity contribution in [3.05, 3.63) is 61.8 Å². The Balaban J connectivity index is 1.85. The molecule has 0 unspecified atom stereocenters. The van der Waals surface area contributed by atoms with Gasteiger partial charge in [-0.3, -0.25) is 9.59 Å². The number of carbonyl (C=O) groups is 2. The molecule has 0 saturated carbocycles. The lowest BCUT2D eigenvalue weighted by molar-refractivity contribution is 0.0461. The van der Waals surface area contributed by atoms with Crippen LogP contribution < -0.4 is 5.56 Å². The van der Waals surface area contributed by atoms with Crippen LogP contribution in [0.5, 0.6) is 0 Å². The van der Waals surface area contributed by atoms with Crippen LogP contribution in [0.4, 0.5) is 4.39 Å². The van der Waals surface area contributed by atoms with E-state index in [9.17, 15) is 18.8 Å². The maximum Gasteiger partial charge on any atom is 0.338 e. The number of fused-ring (bicyclic) bond motifs is 1. The molecule has 0 radical (unpaired) electrons. The van der Waals surface area contributed by atoms with Crippen molar-refractivity contribution in [2.45, 2.75) is 27.4 Å². The average Bonchev–Trinajstić information content (AvgIpc) is 2.92. The number of ketones is 1. The summed E-state index contributed by atoms with van der Waals surface area (Å²) in [6, 6.07) is 4.04. The lowest BCUT2D eigenvalue weighted by atomic mass is 10.1. The summed E-state index contributed by atoms with van der Waals surface area (Å²) in [5.74, 6) is -1.21. The highest BCUT2D eigenvalue weighted by molar-refractivity contribution is 7.20. The summed E-state index contributed by atoms with van der Waals surface area (Å²) in [4.78, 5) is 43.6. The summed E-state index contributed by atoms with van der Waals surface area (Å²) in [6.07, 6.45) is 0. The van der Waals surface area contributed by atoms with Gasteiger partial charge in [0.1, 0.15) is 23.1 Å². The average molecular weight is 374 g/mol. The van der Waals surface area contributed by atoms with E-state index in [0.717, 1.165) is 17.4 Å². The second kappa shape index (κ2) is 6.80. The third-order valence-corrected chi connectivity index (χ3v) is 5.20. The van der Waals surface area contributed by atoms with Crippen LogP contribution in [-0.4, -0.2) is 21.7 Å². The van der Waals surface area contributed by atoms with E-state index in [2.05, 4.69) is 9.97 Å². The van der Waals surface area contributed by atoms with Crippen LogP contribution in [0.25, 0.3) is 10.2 Å². The molecule has 0 amide bonds. The summed E-state index contributed by atoms with van der Waals surface area (Å²) < 4.78 is 18.6. The highest BCUT2D eigenvalue weighted by Crippen LogP contribution is 2.27. The molecule has 2 heterocycles. The van der Waals surface area contributed by atoms with Crippen molar-refractivity contribution < 1.29 is 18.7 Å². The van der Waals surface area contributed by atoms with Crippen LogP contribution in [0.2, 0.25) is 0 Å². The molecule has 3 rings (SSSR count). The molecule has 0 atom stereocenters. The fraction of sp³-hybridized carbons (Fsp3) is 0.222. The van der Waals surface area contributed by atoms with Crippen molar-refractivity contribution >= 4 is 33.3 Å². The number of rotatable bonds is 4. The maximum atomic E-state index is 13.5. The quantitative estimate of drug-likeness (QED) is 0.559. The van der Waals surface area contributed by atoms with Gasteiger partial charge in [0.2, 0.25) is 0 Å². The number of nitrogens with one attached hydrogen (secondary N) is 1. The summed E-state index contributed by atoms with van der Waals surface area (Å²) >= 11 is 1.12.